The molecule has 10 heteroatoms. The molecule has 1 saturated heterocycles. The molecule has 0 aliphatic carbocycles. The average Bonchev–Trinajstić information content (AvgIpc) is 2.66. The Hall–Kier alpha value is -2.49. The van der Waals surface area contributed by atoms with Gasteiger partial charge in [0.2, 0.25) is 0 Å². The highest BCUT2D eigenvalue weighted by atomic mass is 35.5. The molecule has 0 amide bonds. The Morgan fingerprint density at radius 2 is 2.07 bits per heavy atom. The van der Waals surface area contributed by atoms with Gasteiger partial charge in [-0.25, -0.2) is 9.18 Å². The number of nitrogens with zero attached hydrogens (tertiary/aromatic N) is 2. The summed E-state index contributed by atoms with van der Waals surface area (Å²) in [6, 6.07) is 3.54. The molecular formula is C20H23ClFN3O5. The van der Waals surface area contributed by atoms with Crippen molar-refractivity contribution in [3.05, 3.63) is 56.1 Å². The van der Waals surface area contributed by atoms with Gasteiger partial charge in [0, 0.05) is 25.2 Å². The van der Waals surface area contributed by atoms with E-state index in [1.807, 2.05) is 6.92 Å². The van der Waals surface area contributed by atoms with E-state index in [2.05, 4.69) is 5.32 Å². The number of aromatic nitrogens is 2. The molecule has 1 aliphatic rings. The van der Waals surface area contributed by atoms with Crippen molar-refractivity contribution >= 4 is 17.6 Å². The number of esters is 1. The first kappa shape index (κ1) is 22.2. The van der Waals surface area contributed by atoms with Crippen LogP contribution in [-0.2, 0) is 21.0 Å². The topological polar surface area (TPSA) is 91.6 Å². The Morgan fingerprint density at radius 3 is 2.67 bits per heavy atom. The van der Waals surface area contributed by atoms with Crippen LogP contribution >= 0.6 is 11.6 Å². The SMILES string of the molecule is CC(=O)OCn1cc(-c2cccc(F)c2Cl)c(=O)n(C(C)CNC2(C)COC2)c1=O. The van der Waals surface area contributed by atoms with Crippen molar-refractivity contribution in [1.82, 2.24) is 14.5 Å². The normalized spacial score (nSPS) is 16.0. The van der Waals surface area contributed by atoms with Gasteiger partial charge in [0.25, 0.3) is 5.56 Å². The summed E-state index contributed by atoms with van der Waals surface area (Å²) in [5, 5.41) is 3.06. The zero-order valence-corrected chi connectivity index (χ0v) is 17.7. The first-order valence-corrected chi connectivity index (χ1v) is 9.77. The van der Waals surface area contributed by atoms with Crippen LogP contribution in [0.15, 0.2) is 34.0 Å². The van der Waals surface area contributed by atoms with E-state index in [9.17, 15) is 18.8 Å². The fraction of sp³-hybridized carbons (Fsp3) is 0.450. The van der Waals surface area contributed by atoms with Crippen LogP contribution in [0.25, 0.3) is 11.1 Å². The van der Waals surface area contributed by atoms with Gasteiger partial charge in [-0.3, -0.25) is 18.7 Å². The molecule has 1 aromatic carbocycles. The number of hydrogen-bond acceptors (Lipinski definition) is 6. The Labute approximate surface area is 177 Å². The van der Waals surface area contributed by atoms with Gasteiger partial charge in [-0.15, -0.1) is 0 Å². The first-order chi connectivity index (χ1) is 14.1. The van der Waals surface area contributed by atoms with E-state index in [1.54, 1.807) is 6.92 Å². The molecular weight excluding hydrogens is 417 g/mol. The van der Waals surface area contributed by atoms with Crippen LogP contribution in [0.3, 0.4) is 0 Å². The minimum absolute atomic E-state index is 0.0243. The van der Waals surface area contributed by atoms with Crippen molar-refractivity contribution in [2.75, 3.05) is 19.8 Å². The molecule has 2 heterocycles. The van der Waals surface area contributed by atoms with E-state index in [0.29, 0.717) is 19.8 Å². The quantitative estimate of drug-likeness (QED) is 0.663. The monoisotopic (exact) mass is 439 g/mol. The maximum atomic E-state index is 14.0. The van der Waals surface area contributed by atoms with Gasteiger partial charge in [-0.05, 0) is 19.9 Å². The van der Waals surface area contributed by atoms with E-state index in [1.165, 1.54) is 31.3 Å². The van der Waals surface area contributed by atoms with E-state index in [4.69, 9.17) is 21.1 Å². The molecule has 1 aliphatic heterocycles. The minimum Gasteiger partial charge on any atom is -0.444 e. The molecule has 0 radical (unpaired) electrons. The van der Waals surface area contributed by atoms with Crippen molar-refractivity contribution in [3.8, 4) is 11.1 Å². The Morgan fingerprint density at radius 1 is 1.37 bits per heavy atom. The summed E-state index contributed by atoms with van der Waals surface area (Å²) in [4.78, 5) is 37.4. The summed E-state index contributed by atoms with van der Waals surface area (Å²) in [6.07, 6.45) is 1.23. The van der Waals surface area contributed by atoms with Gasteiger partial charge < -0.3 is 14.8 Å². The fourth-order valence-corrected chi connectivity index (χ4v) is 3.38. The molecule has 1 atom stereocenters. The van der Waals surface area contributed by atoms with Crippen molar-refractivity contribution in [1.29, 1.82) is 0 Å². The second-order valence-electron chi connectivity index (χ2n) is 7.62. The molecule has 0 saturated carbocycles. The molecule has 3 rings (SSSR count). The van der Waals surface area contributed by atoms with E-state index in [-0.39, 0.29) is 28.4 Å². The smallest absolute Gasteiger partial charge is 0.334 e. The predicted octanol–water partition coefficient (Wildman–Crippen LogP) is 1.93. The minimum atomic E-state index is -0.689. The number of nitrogens with one attached hydrogen (secondary N) is 1. The van der Waals surface area contributed by atoms with Crippen molar-refractivity contribution in [3.63, 3.8) is 0 Å². The average molecular weight is 440 g/mol. The van der Waals surface area contributed by atoms with Gasteiger partial charge in [0.05, 0.1) is 35.4 Å². The van der Waals surface area contributed by atoms with Crippen LogP contribution in [0.4, 0.5) is 4.39 Å². The Bertz CT molecular complexity index is 1080. The molecule has 1 N–H and O–H groups in total. The highest BCUT2D eigenvalue weighted by molar-refractivity contribution is 6.33. The number of halogens is 2. The van der Waals surface area contributed by atoms with E-state index < -0.39 is 29.1 Å². The van der Waals surface area contributed by atoms with Crippen LogP contribution in [0, 0.1) is 5.82 Å². The number of hydrogen-bond donors (Lipinski definition) is 1. The number of carbonyl (C=O) groups is 1. The third kappa shape index (κ3) is 4.48. The van der Waals surface area contributed by atoms with Crippen LogP contribution in [0.5, 0.6) is 0 Å². The zero-order chi connectivity index (χ0) is 22.1. The summed E-state index contributed by atoms with van der Waals surface area (Å²) >= 11 is 6.08. The highest BCUT2D eigenvalue weighted by Gasteiger charge is 2.33. The van der Waals surface area contributed by atoms with Crippen molar-refractivity contribution < 1.29 is 18.7 Å². The third-order valence-electron chi connectivity index (χ3n) is 4.94. The third-order valence-corrected chi connectivity index (χ3v) is 5.33. The predicted molar refractivity (Wildman–Crippen MR) is 109 cm³/mol. The van der Waals surface area contributed by atoms with Gasteiger partial charge in [-0.1, -0.05) is 23.7 Å². The Kier molecular flexibility index (Phi) is 6.44. The molecule has 8 nitrogen and oxygen atoms in total. The van der Waals surface area contributed by atoms with E-state index in [0.717, 1.165) is 9.13 Å². The molecule has 1 unspecified atom stereocenters. The van der Waals surface area contributed by atoms with Crippen LogP contribution < -0.4 is 16.6 Å². The number of rotatable bonds is 7. The van der Waals surface area contributed by atoms with Gasteiger partial charge in [0.15, 0.2) is 6.73 Å². The zero-order valence-electron chi connectivity index (χ0n) is 16.9. The highest BCUT2D eigenvalue weighted by Crippen LogP contribution is 2.27. The first-order valence-electron chi connectivity index (χ1n) is 9.39. The van der Waals surface area contributed by atoms with Crippen molar-refractivity contribution in [2.24, 2.45) is 0 Å². The summed E-state index contributed by atoms with van der Waals surface area (Å²) in [5.41, 5.74) is -1.32. The molecule has 0 bridgehead atoms. The van der Waals surface area contributed by atoms with Crippen LogP contribution in [-0.4, -0.2) is 40.4 Å². The lowest BCUT2D eigenvalue weighted by Gasteiger charge is -2.39. The summed E-state index contributed by atoms with van der Waals surface area (Å²) < 4.78 is 26.3. The fourth-order valence-electron chi connectivity index (χ4n) is 3.16. The number of carbonyl (C=O) groups excluding carboxylic acids is 1. The molecule has 0 spiro atoms. The maximum Gasteiger partial charge on any atom is 0.334 e. The second-order valence-corrected chi connectivity index (χ2v) is 8.00. The van der Waals surface area contributed by atoms with E-state index >= 15 is 0 Å². The van der Waals surface area contributed by atoms with Crippen molar-refractivity contribution in [2.45, 2.75) is 39.1 Å². The number of benzene rings is 1. The Balaban J connectivity index is 2.08. The second kappa shape index (κ2) is 8.71. The summed E-state index contributed by atoms with van der Waals surface area (Å²) in [7, 11) is 0. The standard InChI is InChI=1S/C20H23ClFN3O5/c1-12(7-23-20(3)9-29-10-20)25-18(27)15(14-5-4-6-16(22)17(14)21)8-24(19(25)28)11-30-13(2)26/h4-6,8,12,23H,7,9-11H2,1-3H3. The molecule has 1 aromatic heterocycles. The summed E-state index contributed by atoms with van der Waals surface area (Å²) in [6.45, 7) is 5.90. The lowest BCUT2D eigenvalue weighted by Crippen LogP contribution is -2.59. The van der Waals surface area contributed by atoms with Gasteiger partial charge in [0.1, 0.15) is 5.82 Å². The largest absolute Gasteiger partial charge is 0.444 e. The molecule has 1 fully saturated rings. The summed E-state index contributed by atoms with van der Waals surface area (Å²) in [5.74, 6) is -1.27. The maximum absolute atomic E-state index is 14.0. The lowest BCUT2D eigenvalue weighted by molar-refractivity contribution is -0.144. The molecule has 30 heavy (non-hydrogen) atoms. The van der Waals surface area contributed by atoms with Gasteiger partial charge in [-0.2, -0.15) is 0 Å². The van der Waals surface area contributed by atoms with Crippen LogP contribution in [0.2, 0.25) is 5.02 Å². The molecule has 162 valence electrons. The lowest BCUT2D eigenvalue weighted by atomic mass is 10.0. The number of ether oxygens (including phenoxy) is 2. The molecule has 2 aromatic rings. The van der Waals surface area contributed by atoms with Crippen LogP contribution in [0.1, 0.15) is 26.8 Å². The van der Waals surface area contributed by atoms with Gasteiger partial charge >= 0.3 is 11.7 Å².